The molecule has 0 spiro atoms. The Bertz CT molecular complexity index is 1490. The van der Waals surface area contributed by atoms with E-state index in [-0.39, 0.29) is 16.7 Å². The van der Waals surface area contributed by atoms with E-state index in [0.717, 1.165) is 40.8 Å². The zero-order valence-electron chi connectivity index (χ0n) is 20.7. The van der Waals surface area contributed by atoms with Gasteiger partial charge in [0.25, 0.3) is 0 Å². The van der Waals surface area contributed by atoms with Crippen LogP contribution >= 0.6 is 11.3 Å². The number of benzene rings is 2. The summed E-state index contributed by atoms with van der Waals surface area (Å²) in [6, 6.07) is 15.4. The first-order valence-electron chi connectivity index (χ1n) is 12.0. The van der Waals surface area contributed by atoms with Gasteiger partial charge in [0.15, 0.2) is 0 Å². The molecule has 0 amide bonds. The van der Waals surface area contributed by atoms with Crippen molar-refractivity contribution in [2.45, 2.75) is 50.8 Å². The highest BCUT2D eigenvalue weighted by molar-refractivity contribution is 7.91. The van der Waals surface area contributed by atoms with E-state index in [4.69, 9.17) is 9.88 Å². The fourth-order valence-electron chi connectivity index (χ4n) is 4.19. The number of carbonyl (C=O) groups is 1. The van der Waals surface area contributed by atoms with Gasteiger partial charge in [-0.1, -0.05) is 57.5 Å². The summed E-state index contributed by atoms with van der Waals surface area (Å²) in [5.41, 5.74) is 4.10. The van der Waals surface area contributed by atoms with Crippen molar-refractivity contribution >= 4 is 38.4 Å². The third-order valence-electron chi connectivity index (χ3n) is 5.83. The van der Waals surface area contributed by atoms with Crippen LogP contribution in [0, 0.1) is 5.92 Å². The predicted octanol–water partition coefficient (Wildman–Crippen LogP) is 5.62. The van der Waals surface area contributed by atoms with Gasteiger partial charge in [-0.15, -0.1) is 11.3 Å². The maximum Gasteiger partial charge on any atom is 0.339 e. The van der Waals surface area contributed by atoms with E-state index < -0.39 is 16.0 Å². The Morgan fingerprint density at radius 1 is 1.17 bits per heavy atom. The Morgan fingerprint density at radius 3 is 2.67 bits per heavy atom. The van der Waals surface area contributed by atoms with Gasteiger partial charge in [-0.3, -0.25) is 0 Å². The molecule has 4 rings (SSSR count). The van der Waals surface area contributed by atoms with Gasteiger partial charge in [-0.2, -0.15) is 0 Å². The standard InChI is InChI=1S/C27H31N3O4S2/c1-4-5-13-34-26(31)25-23(14-18(2)3)35-27(36(28,32)33)24(25)20-10-8-9-19(15-20)16-30-17-29-21-11-6-7-12-22(21)30/h6-12,15,17-18H,4-5,13-14,16H2,1-3H3,(H2,28,32,33). The lowest BCUT2D eigenvalue weighted by molar-refractivity contribution is 0.0500. The number of esters is 1. The van der Waals surface area contributed by atoms with Gasteiger partial charge >= 0.3 is 5.97 Å². The van der Waals surface area contributed by atoms with Crippen LogP contribution in [0.3, 0.4) is 0 Å². The zero-order valence-corrected chi connectivity index (χ0v) is 22.4. The molecular formula is C27H31N3O4S2. The Balaban J connectivity index is 1.82. The van der Waals surface area contributed by atoms with Crippen molar-refractivity contribution in [3.8, 4) is 11.1 Å². The molecule has 0 atom stereocenters. The van der Waals surface area contributed by atoms with Gasteiger partial charge in [0.1, 0.15) is 4.21 Å². The van der Waals surface area contributed by atoms with E-state index in [9.17, 15) is 13.2 Å². The molecule has 36 heavy (non-hydrogen) atoms. The first kappa shape index (κ1) is 26.1. The number of nitrogens with two attached hydrogens (primary N) is 1. The van der Waals surface area contributed by atoms with Crippen LogP contribution in [0.4, 0.5) is 0 Å². The van der Waals surface area contributed by atoms with Gasteiger partial charge in [0.05, 0.1) is 29.5 Å². The molecule has 0 unspecified atom stereocenters. The van der Waals surface area contributed by atoms with E-state index in [0.29, 0.717) is 34.5 Å². The molecule has 9 heteroatoms. The normalized spacial score (nSPS) is 11.9. The number of hydrogen-bond acceptors (Lipinski definition) is 6. The maximum atomic E-state index is 13.3. The Kier molecular flexibility index (Phi) is 7.92. The van der Waals surface area contributed by atoms with Crippen molar-refractivity contribution in [1.29, 1.82) is 0 Å². The summed E-state index contributed by atoms with van der Waals surface area (Å²) in [6.45, 7) is 6.89. The first-order chi connectivity index (χ1) is 17.2. The van der Waals surface area contributed by atoms with Crippen molar-refractivity contribution in [3.05, 3.63) is 70.9 Å². The van der Waals surface area contributed by atoms with Crippen LogP contribution in [0.25, 0.3) is 22.2 Å². The van der Waals surface area contributed by atoms with Crippen molar-refractivity contribution in [1.82, 2.24) is 9.55 Å². The Labute approximate surface area is 216 Å². The molecule has 2 heterocycles. The van der Waals surface area contributed by atoms with E-state index in [2.05, 4.69) is 4.98 Å². The number of aromatic nitrogens is 2. The van der Waals surface area contributed by atoms with Crippen LogP contribution in [-0.2, 0) is 27.7 Å². The second-order valence-corrected chi connectivity index (χ2v) is 12.1. The number of hydrogen-bond donors (Lipinski definition) is 1. The lowest BCUT2D eigenvalue weighted by Gasteiger charge is -2.12. The summed E-state index contributed by atoms with van der Waals surface area (Å²) >= 11 is 1.07. The van der Waals surface area contributed by atoms with Crippen LogP contribution in [0.1, 0.15) is 54.4 Å². The molecule has 0 aliphatic rings. The molecule has 4 aromatic rings. The minimum absolute atomic E-state index is 0.00850. The number of ether oxygens (including phenoxy) is 1. The highest BCUT2D eigenvalue weighted by atomic mass is 32.2. The molecule has 0 fully saturated rings. The third kappa shape index (κ3) is 5.69. The summed E-state index contributed by atoms with van der Waals surface area (Å²) in [5.74, 6) is -0.292. The smallest absolute Gasteiger partial charge is 0.339 e. The fourth-order valence-corrected chi connectivity index (χ4v) is 6.71. The molecule has 0 aliphatic carbocycles. The second-order valence-electron chi connectivity index (χ2n) is 9.26. The first-order valence-corrected chi connectivity index (χ1v) is 14.4. The summed E-state index contributed by atoms with van der Waals surface area (Å²) in [7, 11) is -4.07. The van der Waals surface area contributed by atoms with Crippen molar-refractivity contribution in [2.75, 3.05) is 6.61 Å². The molecule has 2 N–H and O–H groups in total. The topological polar surface area (TPSA) is 104 Å². The molecule has 7 nitrogen and oxygen atoms in total. The lowest BCUT2D eigenvalue weighted by Crippen LogP contribution is -2.13. The van der Waals surface area contributed by atoms with Crippen LogP contribution < -0.4 is 5.14 Å². The molecule has 0 bridgehead atoms. The molecule has 0 saturated heterocycles. The molecule has 0 aliphatic heterocycles. The average Bonchev–Trinajstić information content (AvgIpc) is 3.41. The summed E-state index contributed by atoms with van der Waals surface area (Å²) < 4.78 is 32.9. The highest BCUT2D eigenvalue weighted by Crippen LogP contribution is 2.41. The number of para-hydroxylation sites is 2. The molecule has 0 radical (unpaired) electrons. The Morgan fingerprint density at radius 2 is 1.94 bits per heavy atom. The number of fused-ring (bicyclic) bond motifs is 1. The minimum Gasteiger partial charge on any atom is -0.462 e. The Hall–Kier alpha value is -3.01. The average molecular weight is 526 g/mol. The van der Waals surface area contributed by atoms with E-state index in [1.165, 1.54) is 0 Å². The van der Waals surface area contributed by atoms with Gasteiger partial charge in [-0.05, 0) is 48.1 Å². The number of nitrogens with zero attached hydrogens (tertiary/aromatic N) is 2. The number of unbranched alkanes of at least 4 members (excludes halogenated alkanes) is 1. The second kappa shape index (κ2) is 10.9. The molecule has 2 aromatic heterocycles. The minimum atomic E-state index is -4.07. The highest BCUT2D eigenvalue weighted by Gasteiger charge is 2.30. The number of carbonyl (C=O) groups excluding carboxylic acids is 1. The number of thiophene rings is 1. The van der Waals surface area contributed by atoms with Crippen molar-refractivity contribution in [2.24, 2.45) is 11.1 Å². The van der Waals surface area contributed by atoms with Gasteiger partial charge in [0, 0.05) is 17.0 Å². The van der Waals surface area contributed by atoms with Crippen LogP contribution in [0.5, 0.6) is 0 Å². The van der Waals surface area contributed by atoms with Gasteiger partial charge in [0.2, 0.25) is 10.0 Å². The molecule has 0 saturated carbocycles. The summed E-state index contributed by atoms with van der Waals surface area (Å²) in [5, 5.41) is 5.66. The SMILES string of the molecule is CCCCOC(=O)c1c(CC(C)C)sc(S(N)(=O)=O)c1-c1cccc(Cn2cnc3ccccc32)c1. The number of primary sulfonamides is 1. The zero-order chi connectivity index (χ0) is 25.9. The quantitative estimate of drug-likeness (QED) is 0.214. The lowest BCUT2D eigenvalue weighted by atomic mass is 9.98. The summed E-state index contributed by atoms with van der Waals surface area (Å²) in [6.07, 6.45) is 3.96. The predicted molar refractivity (Wildman–Crippen MR) is 144 cm³/mol. The van der Waals surface area contributed by atoms with Crippen molar-refractivity contribution < 1.29 is 17.9 Å². The molecule has 2 aromatic carbocycles. The van der Waals surface area contributed by atoms with Crippen molar-refractivity contribution in [3.63, 3.8) is 0 Å². The van der Waals surface area contributed by atoms with E-state index >= 15 is 0 Å². The number of rotatable bonds is 10. The van der Waals surface area contributed by atoms with Crippen LogP contribution in [0.2, 0.25) is 0 Å². The monoisotopic (exact) mass is 525 g/mol. The fraction of sp³-hybridized carbons (Fsp3) is 0.333. The van der Waals surface area contributed by atoms with Crippen LogP contribution in [-0.4, -0.2) is 30.5 Å². The van der Waals surface area contributed by atoms with E-state index in [1.807, 2.05) is 73.9 Å². The molecular weight excluding hydrogens is 494 g/mol. The van der Waals surface area contributed by atoms with Crippen LogP contribution in [0.15, 0.2) is 59.1 Å². The van der Waals surface area contributed by atoms with Gasteiger partial charge in [-0.25, -0.2) is 23.3 Å². The van der Waals surface area contributed by atoms with E-state index in [1.54, 1.807) is 6.33 Å². The largest absolute Gasteiger partial charge is 0.462 e. The van der Waals surface area contributed by atoms with Gasteiger partial charge < -0.3 is 9.30 Å². The molecule has 190 valence electrons. The maximum absolute atomic E-state index is 13.3. The third-order valence-corrected chi connectivity index (χ3v) is 8.51. The number of imidazole rings is 1. The number of sulfonamides is 1. The summed E-state index contributed by atoms with van der Waals surface area (Å²) in [4.78, 5) is 18.4.